The Morgan fingerprint density at radius 1 is 1.11 bits per heavy atom. The Morgan fingerprint density at radius 3 is 2.44 bits per heavy atom. The van der Waals surface area contributed by atoms with Crippen molar-refractivity contribution in [3.63, 3.8) is 0 Å². The summed E-state index contributed by atoms with van der Waals surface area (Å²) < 4.78 is 0. The molecule has 3 nitrogen and oxygen atoms in total. The van der Waals surface area contributed by atoms with Gasteiger partial charge >= 0.3 is 0 Å². The molecule has 100 valence electrons. The van der Waals surface area contributed by atoms with Crippen molar-refractivity contribution in [2.45, 2.75) is 6.54 Å². The first kappa shape index (κ1) is 13.8. The zero-order valence-electron chi connectivity index (χ0n) is 11.0. The summed E-state index contributed by atoms with van der Waals surface area (Å²) in [5.74, 6) is 0. The van der Waals surface area contributed by atoms with Gasteiger partial charge in [0.15, 0.2) is 0 Å². The van der Waals surface area contributed by atoms with Gasteiger partial charge in [0.05, 0.1) is 0 Å². The van der Waals surface area contributed by atoms with E-state index in [0.717, 1.165) is 24.7 Å². The van der Waals surface area contributed by atoms with Crippen LogP contribution in [0.5, 0.6) is 0 Å². The third-order valence-electron chi connectivity index (χ3n) is 3.44. The van der Waals surface area contributed by atoms with Crippen molar-refractivity contribution in [3.05, 3.63) is 34.9 Å². The molecule has 1 aliphatic rings. The second-order valence-corrected chi connectivity index (χ2v) is 5.38. The third-order valence-corrected chi connectivity index (χ3v) is 3.70. The number of nitrogens with one attached hydrogen (secondary N) is 1. The maximum absolute atomic E-state index is 5.86. The molecule has 0 aromatic heterocycles. The Bertz CT molecular complexity index is 345. The second kappa shape index (κ2) is 7.10. The Kier molecular flexibility index (Phi) is 5.45. The summed E-state index contributed by atoms with van der Waals surface area (Å²) in [5, 5.41) is 4.28. The fourth-order valence-electron chi connectivity index (χ4n) is 2.14. The summed E-state index contributed by atoms with van der Waals surface area (Å²) in [4.78, 5) is 4.91. The quantitative estimate of drug-likeness (QED) is 0.819. The predicted octanol–water partition coefficient (Wildman–Crippen LogP) is 1.68. The van der Waals surface area contributed by atoms with Crippen molar-refractivity contribution in [3.8, 4) is 0 Å². The zero-order valence-corrected chi connectivity index (χ0v) is 11.8. The molecule has 4 heteroatoms. The maximum Gasteiger partial charge on any atom is 0.0406 e. The van der Waals surface area contributed by atoms with Gasteiger partial charge in [-0.05, 0) is 24.7 Å². The van der Waals surface area contributed by atoms with E-state index in [2.05, 4.69) is 34.3 Å². The molecule has 0 unspecified atom stereocenters. The number of likely N-dealkylation sites (N-methyl/N-ethyl adjacent to an activating group) is 1. The van der Waals surface area contributed by atoms with Crippen LogP contribution in [0.25, 0.3) is 0 Å². The molecule has 0 saturated carbocycles. The van der Waals surface area contributed by atoms with Gasteiger partial charge in [0.2, 0.25) is 0 Å². The molecular weight excluding hydrogens is 246 g/mol. The van der Waals surface area contributed by atoms with E-state index in [1.807, 2.05) is 12.1 Å². The van der Waals surface area contributed by atoms with Crippen LogP contribution in [0.2, 0.25) is 5.02 Å². The standard InChI is InChI=1S/C14H22ClN3/c1-17-8-10-18(11-9-17)7-6-16-12-13-2-4-14(15)5-3-13/h2-5,16H,6-12H2,1H3. The van der Waals surface area contributed by atoms with E-state index < -0.39 is 0 Å². The maximum atomic E-state index is 5.86. The lowest BCUT2D eigenvalue weighted by atomic mass is 10.2. The lowest BCUT2D eigenvalue weighted by molar-refractivity contribution is 0.154. The average molecular weight is 268 g/mol. The van der Waals surface area contributed by atoms with Crippen LogP contribution in [0.15, 0.2) is 24.3 Å². The van der Waals surface area contributed by atoms with E-state index in [0.29, 0.717) is 0 Å². The fourth-order valence-corrected chi connectivity index (χ4v) is 2.27. The van der Waals surface area contributed by atoms with E-state index in [4.69, 9.17) is 11.6 Å². The largest absolute Gasteiger partial charge is 0.311 e. The number of nitrogens with zero attached hydrogens (tertiary/aromatic N) is 2. The molecule has 0 spiro atoms. The van der Waals surface area contributed by atoms with Gasteiger partial charge in [0.1, 0.15) is 0 Å². The van der Waals surface area contributed by atoms with Gasteiger partial charge in [-0.3, -0.25) is 4.90 Å². The fraction of sp³-hybridized carbons (Fsp3) is 0.571. The number of hydrogen-bond acceptors (Lipinski definition) is 3. The number of hydrogen-bond donors (Lipinski definition) is 1. The molecule has 0 radical (unpaired) electrons. The van der Waals surface area contributed by atoms with Crippen LogP contribution in [-0.2, 0) is 6.54 Å². The smallest absolute Gasteiger partial charge is 0.0406 e. The lowest BCUT2D eigenvalue weighted by Gasteiger charge is -2.32. The van der Waals surface area contributed by atoms with E-state index in [1.165, 1.54) is 31.7 Å². The first-order chi connectivity index (χ1) is 8.74. The highest BCUT2D eigenvalue weighted by molar-refractivity contribution is 6.30. The van der Waals surface area contributed by atoms with Gasteiger partial charge in [-0.1, -0.05) is 23.7 Å². The summed E-state index contributed by atoms with van der Waals surface area (Å²) in [6.07, 6.45) is 0. The summed E-state index contributed by atoms with van der Waals surface area (Å²) in [6, 6.07) is 8.04. The third kappa shape index (κ3) is 4.58. The molecule has 1 aromatic carbocycles. The molecular formula is C14H22ClN3. The van der Waals surface area contributed by atoms with Crippen LogP contribution in [0.3, 0.4) is 0 Å². The number of piperazine rings is 1. The van der Waals surface area contributed by atoms with Gasteiger partial charge in [-0.25, -0.2) is 0 Å². The number of rotatable bonds is 5. The van der Waals surface area contributed by atoms with Crippen molar-refractivity contribution in [2.75, 3.05) is 46.3 Å². The minimum Gasteiger partial charge on any atom is -0.311 e. The van der Waals surface area contributed by atoms with Crippen molar-refractivity contribution >= 4 is 11.6 Å². The monoisotopic (exact) mass is 267 g/mol. The van der Waals surface area contributed by atoms with Crippen molar-refractivity contribution in [1.29, 1.82) is 0 Å². The van der Waals surface area contributed by atoms with Gasteiger partial charge in [-0.15, -0.1) is 0 Å². The molecule has 0 bridgehead atoms. The highest BCUT2D eigenvalue weighted by Gasteiger charge is 2.12. The molecule has 0 aliphatic carbocycles. The van der Waals surface area contributed by atoms with Crippen LogP contribution in [0, 0.1) is 0 Å². The molecule has 1 heterocycles. The van der Waals surface area contributed by atoms with Crippen LogP contribution >= 0.6 is 11.6 Å². The van der Waals surface area contributed by atoms with Crippen LogP contribution in [0.4, 0.5) is 0 Å². The van der Waals surface area contributed by atoms with Gasteiger partial charge in [-0.2, -0.15) is 0 Å². The Labute approximate surface area is 115 Å². The SMILES string of the molecule is CN1CCN(CCNCc2ccc(Cl)cc2)CC1. The first-order valence-electron chi connectivity index (χ1n) is 6.60. The Morgan fingerprint density at radius 2 is 1.78 bits per heavy atom. The minimum absolute atomic E-state index is 0.802. The molecule has 1 saturated heterocycles. The highest BCUT2D eigenvalue weighted by Crippen LogP contribution is 2.09. The van der Waals surface area contributed by atoms with Crippen LogP contribution in [0.1, 0.15) is 5.56 Å². The van der Waals surface area contributed by atoms with Crippen LogP contribution < -0.4 is 5.32 Å². The molecule has 1 aliphatic heterocycles. The second-order valence-electron chi connectivity index (χ2n) is 4.95. The van der Waals surface area contributed by atoms with E-state index in [1.54, 1.807) is 0 Å². The zero-order chi connectivity index (χ0) is 12.8. The molecule has 18 heavy (non-hydrogen) atoms. The Balaban J connectivity index is 1.60. The molecule has 0 amide bonds. The average Bonchev–Trinajstić information content (AvgIpc) is 2.39. The molecule has 0 atom stereocenters. The Hall–Kier alpha value is -0.610. The summed E-state index contributed by atoms with van der Waals surface area (Å²) >= 11 is 5.86. The van der Waals surface area contributed by atoms with Crippen LogP contribution in [-0.4, -0.2) is 56.1 Å². The van der Waals surface area contributed by atoms with Gasteiger partial charge in [0.25, 0.3) is 0 Å². The molecule has 1 aromatic rings. The van der Waals surface area contributed by atoms with E-state index in [-0.39, 0.29) is 0 Å². The molecule has 2 rings (SSSR count). The van der Waals surface area contributed by atoms with Gasteiger partial charge in [0, 0.05) is 50.8 Å². The van der Waals surface area contributed by atoms with Crippen molar-refractivity contribution < 1.29 is 0 Å². The molecule has 1 N–H and O–H groups in total. The highest BCUT2D eigenvalue weighted by atomic mass is 35.5. The van der Waals surface area contributed by atoms with Crippen molar-refractivity contribution in [2.24, 2.45) is 0 Å². The number of benzene rings is 1. The summed E-state index contributed by atoms with van der Waals surface area (Å²) in [6.45, 7) is 7.88. The number of halogens is 1. The van der Waals surface area contributed by atoms with E-state index in [9.17, 15) is 0 Å². The summed E-state index contributed by atoms with van der Waals surface area (Å²) in [7, 11) is 2.19. The normalized spacial score (nSPS) is 18.1. The lowest BCUT2D eigenvalue weighted by Crippen LogP contribution is -2.46. The van der Waals surface area contributed by atoms with E-state index >= 15 is 0 Å². The van der Waals surface area contributed by atoms with Gasteiger partial charge < -0.3 is 10.2 Å². The van der Waals surface area contributed by atoms with Crippen molar-refractivity contribution in [1.82, 2.24) is 15.1 Å². The predicted molar refractivity (Wildman–Crippen MR) is 77.1 cm³/mol. The topological polar surface area (TPSA) is 18.5 Å². The summed E-state index contributed by atoms with van der Waals surface area (Å²) in [5.41, 5.74) is 1.29. The molecule has 1 fully saturated rings. The minimum atomic E-state index is 0.802. The first-order valence-corrected chi connectivity index (χ1v) is 6.98.